The summed E-state index contributed by atoms with van der Waals surface area (Å²) in [5.74, 6) is -1.49. The Hall–Kier alpha value is -1.69. The normalized spacial score (nSPS) is 13.9. The molecule has 31 heavy (non-hydrogen) atoms. The fraction of sp³-hybridized carbons (Fsp3) is 0.200. The molecule has 2 aromatic carbocycles. The molecule has 8 nitrogen and oxygen atoms in total. The van der Waals surface area contributed by atoms with Crippen LogP contribution in [-0.2, 0) is 16.1 Å². The van der Waals surface area contributed by atoms with Crippen LogP contribution in [0, 0.1) is 0 Å². The summed E-state index contributed by atoms with van der Waals surface area (Å²) in [4.78, 5) is 24.8. The van der Waals surface area contributed by atoms with E-state index in [1.165, 1.54) is 12.1 Å². The summed E-state index contributed by atoms with van der Waals surface area (Å²) in [7, 11) is 0. The molecule has 0 aromatic heterocycles. The third-order valence-electron chi connectivity index (χ3n) is 4.48. The molecule has 1 amide bonds. The monoisotopic (exact) mass is 516 g/mol. The minimum atomic E-state index is -2.65. The fourth-order valence-electron chi connectivity index (χ4n) is 3.08. The molecular formula is C20H20BrN3NaO5S-. The number of rotatable bonds is 7. The van der Waals surface area contributed by atoms with Crippen LogP contribution in [0.25, 0.3) is 0 Å². The van der Waals surface area contributed by atoms with Gasteiger partial charge >= 0.3 is 35.5 Å². The number of benzene rings is 2. The van der Waals surface area contributed by atoms with Gasteiger partial charge in [-0.2, -0.15) is 0 Å². The molecule has 2 aromatic rings. The number of esters is 1. The van der Waals surface area contributed by atoms with Crippen LogP contribution in [-0.4, -0.2) is 20.6 Å². The smallest absolute Gasteiger partial charge is 1.00 e. The molecule has 1 aliphatic carbocycles. The Morgan fingerprint density at radius 2 is 1.87 bits per heavy atom. The predicted molar refractivity (Wildman–Crippen MR) is 118 cm³/mol. The Morgan fingerprint density at radius 1 is 1.16 bits per heavy atom. The van der Waals surface area contributed by atoms with E-state index in [0.717, 1.165) is 23.7 Å². The molecule has 1 atom stereocenters. The molecule has 0 bridgehead atoms. The second kappa shape index (κ2) is 11.8. The zero-order chi connectivity index (χ0) is 21.7. The number of nitrogens with one attached hydrogen (secondary N) is 2. The Bertz CT molecular complexity index is 1040. The van der Waals surface area contributed by atoms with Gasteiger partial charge in [0, 0.05) is 27.0 Å². The van der Waals surface area contributed by atoms with Crippen LogP contribution < -0.4 is 50.1 Å². The standard InChI is InChI=1S/C20H20BrN3O5S.Na.H/c21-13-6-8-14(9-7-13)23-18-15(24-30(27)28)10-11-16(17(18)19(22)25)29-20(26)12-4-2-1-3-5-12;;/h4,6-11,23-24H,1-3,5H2,(H2,22,25)(H,27,28);;/q;+1;-1/p-1. The van der Waals surface area contributed by atoms with E-state index in [-0.39, 0.29) is 53.7 Å². The molecule has 0 radical (unpaired) electrons. The minimum absolute atomic E-state index is 0. The second-order valence-corrected chi connectivity index (χ2v) is 8.15. The van der Waals surface area contributed by atoms with E-state index in [1.807, 2.05) is 6.08 Å². The Balaban J connectivity index is 0.00000256. The molecule has 4 N–H and O–H groups in total. The quantitative estimate of drug-likeness (QED) is 0.217. The first-order valence-electron chi connectivity index (χ1n) is 9.11. The molecule has 0 fully saturated rings. The predicted octanol–water partition coefficient (Wildman–Crippen LogP) is 1.02. The van der Waals surface area contributed by atoms with Gasteiger partial charge in [-0.1, -0.05) is 22.0 Å². The maximum Gasteiger partial charge on any atom is 1.00 e. The number of ether oxygens (including phenoxy) is 1. The van der Waals surface area contributed by atoms with Gasteiger partial charge in [-0.3, -0.25) is 9.00 Å². The van der Waals surface area contributed by atoms with E-state index in [1.54, 1.807) is 24.3 Å². The summed E-state index contributed by atoms with van der Waals surface area (Å²) in [5, 5.41) is 2.98. The average Bonchev–Trinajstić information content (AvgIpc) is 2.71. The Kier molecular flexibility index (Phi) is 9.73. The topological polar surface area (TPSA) is 134 Å². The molecule has 0 saturated heterocycles. The van der Waals surface area contributed by atoms with Crippen molar-refractivity contribution in [2.75, 3.05) is 10.0 Å². The van der Waals surface area contributed by atoms with Crippen molar-refractivity contribution in [2.45, 2.75) is 25.7 Å². The van der Waals surface area contributed by atoms with Gasteiger partial charge in [0.15, 0.2) is 0 Å². The van der Waals surface area contributed by atoms with E-state index in [9.17, 15) is 18.4 Å². The van der Waals surface area contributed by atoms with Crippen molar-refractivity contribution in [2.24, 2.45) is 5.73 Å². The largest absolute Gasteiger partial charge is 1.00 e. The van der Waals surface area contributed by atoms with Crippen molar-refractivity contribution in [3.05, 3.63) is 58.1 Å². The van der Waals surface area contributed by atoms with Gasteiger partial charge in [0.25, 0.3) is 5.91 Å². The third kappa shape index (κ3) is 6.90. The SMILES string of the molecule is NC(=O)c1c(OC(=O)C2=CCCCC2)ccc(NS(=O)[O-])c1Nc1ccc(Br)cc1.[H-].[Na+]. The molecule has 0 aliphatic heterocycles. The number of allylic oxidation sites excluding steroid dienone is 1. The van der Waals surface area contributed by atoms with Gasteiger partial charge in [0.1, 0.15) is 11.3 Å². The van der Waals surface area contributed by atoms with E-state index in [4.69, 9.17) is 10.5 Å². The van der Waals surface area contributed by atoms with Crippen molar-refractivity contribution in [3.63, 3.8) is 0 Å². The summed E-state index contributed by atoms with van der Waals surface area (Å²) in [6.07, 6.45) is 5.12. The van der Waals surface area contributed by atoms with Crippen LogP contribution in [0.1, 0.15) is 37.5 Å². The molecule has 11 heteroatoms. The van der Waals surface area contributed by atoms with Crippen molar-refractivity contribution in [1.29, 1.82) is 0 Å². The van der Waals surface area contributed by atoms with Crippen LogP contribution >= 0.6 is 15.9 Å². The minimum Gasteiger partial charge on any atom is -1.00 e. The number of carbonyl (C=O) groups is 2. The van der Waals surface area contributed by atoms with Gasteiger partial charge in [0.2, 0.25) is 0 Å². The zero-order valence-corrected chi connectivity index (χ0v) is 21.2. The maximum absolute atomic E-state index is 12.5. The van der Waals surface area contributed by atoms with E-state index >= 15 is 0 Å². The Labute approximate surface area is 214 Å². The maximum atomic E-state index is 12.5. The van der Waals surface area contributed by atoms with E-state index in [2.05, 4.69) is 26.0 Å². The van der Waals surface area contributed by atoms with E-state index in [0.29, 0.717) is 17.7 Å². The number of hydrogen-bond acceptors (Lipinski definition) is 6. The molecule has 1 unspecified atom stereocenters. The van der Waals surface area contributed by atoms with Crippen molar-refractivity contribution >= 4 is 56.1 Å². The molecule has 0 saturated carbocycles. The first-order valence-corrected chi connectivity index (χ1v) is 11.0. The summed E-state index contributed by atoms with van der Waals surface area (Å²) in [5.41, 5.74) is 6.71. The van der Waals surface area contributed by atoms with Crippen LogP contribution in [0.5, 0.6) is 5.75 Å². The summed E-state index contributed by atoms with van der Waals surface area (Å²) >= 11 is 0.686. The molecule has 0 heterocycles. The van der Waals surface area contributed by atoms with Gasteiger partial charge < -0.3 is 26.5 Å². The van der Waals surface area contributed by atoms with Crippen LogP contribution in [0.2, 0.25) is 0 Å². The molecule has 0 spiro atoms. The first kappa shape index (κ1) is 25.6. The molecule has 160 valence electrons. The van der Waals surface area contributed by atoms with Crippen LogP contribution in [0.4, 0.5) is 17.1 Å². The molecular weight excluding hydrogens is 497 g/mol. The van der Waals surface area contributed by atoms with Crippen LogP contribution in [0.3, 0.4) is 0 Å². The number of primary amides is 1. The van der Waals surface area contributed by atoms with Gasteiger partial charge in [-0.15, -0.1) is 0 Å². The van der Waals surface area contributed by atoms with Crippen molar-refractivity contribution < 1.29 is 54.1 Å². The number of amides is 1. The second-order valence-electron chi connectivity index (χ2n) is 6.56. The number of hydrogen-bond donors (Lipinski definition) is 3. The van der Waals surface area contributed by atoms with Crippen molar-refractivity contribution in [3.8, 4) is 5.75 Å². The number of halogens is 1. The van der Waals surface area contributed by atoms with Crippen molar-refractivity contribution in [1.82, 2.24) is 0 Å². The average molecular weight is 517 g/mol. The Morgan fingerprint density at radius 3 is 2.45 bits per heavy atom. The number of anilines is 3. The van der Waals surface area contributed by atoms with Gasteiger partial charge in [-0.25, -0.2) is 4.79 Å². The van der Waals surface area contributed by atoms with Gasteiger partial charge in [-0.05, 0) is 62.1 Å². The van der Waals surface area contributed by atoms with Crippen LogP contribution in [0.15, 0.2) is 52.5 Å². The fourth-order valence-corrected chi connectivity index (χ4v) is 3.70. The first-order chi connectivity index (χ1) is 14.3. The molecule has 3 rings (SSSR count). The summed E-state index contributed by atoms with van der Waals surface area (Å²) in [6.45, 7) is 0. The van der Waals surface area contributed by atoms with E-state index < -0.39 is 23.1 Å². The summed E-state index contributed by atoms with van der Waals surface area (Å²) < 4.78 is 31.0. The number of nitrogens with two attached hydrogens (primary N) is 1. The number of carbonyl (C=O) groups excluding carboxylic acids is 2. The third-order valence-corrected chi connectivity index (χ3v) is 5.39. The summed E-state index contributed by atoms with van der Waals surface area (Å²) in [6, 6.07) is 9.70. The van der Waals surface area contributed by atoms with Gasteiger partial charge in [0.05, 0.1) is 11.4 Å². The molecule has 1 aliphatic rings. The zero-order valence-electron chi connectivity index (χ0n) is 17.8.